The number of carbonyl (C=O) groups is 2. The third-order valence-corrected chi connectivity index (χ3v) is 2.99. The Morgan fingerprint density at radius 1 is 1.53 bits per heavy atom. The highest BCUT2D eigenvalue weighted by molar-refractivity contribution is 5.92. The van der Waals surface area contributed by atoms with Crippen LogP contribution < -0.4 is 16.5 Å². The van der Waals surface area contributed by atoms with Gasteiger partial charge in [0.1, 0.15) is 12.6 Å². The van der Waals surface area contributed by atoms with Gasteiger partial charge in [0.25, 0.3) is 5.91 Å². The minimum atomic E-state index is -0.789. The number of hydroxylamine groups is 1. The topological polar surface area (TPSA) is 93.5 Å². The highest BCUT2D eigenvalue weighted by Gasteiger charge is 2.39. The SMILES string of the molecule is NC1(C(=O)N[C@@H]2CONC2=O)CCCC1. The predicted molar refractivity (Wildman–Crippen MR) is 51.4 cm³/mol. The highest BCUT2D eigenvalue weighted by atomic mass is 16.7. The lowest BCUT2D eigenvalue weighted by molar-refractivity contribution is -0.131. The van der Waals surface area contributed by atoms with Crippen LogP contribution in [0.5, 0.6) is 0 Å². The lowest BCUT2D eigenvalue weighted by Crippen LogP contribution is -2.56. The average molecular weight is 213 g/mol. The molecule has 4 N–H and O–H groups in total. The van der Waals surface area contributed by atoms with Crippen LogP contribution in [-0.2, 0) is 14.4 Å². The maximum absolute atomic E-state index is 11.8. The van der Waals surface area contributed by atoms with Crippen LogP contribution in [0.25, 0.3) is 0 Å². The van der Waals surface area contributed by atoms with Gasteiger partial charge in [0.2, 0.25) is 5.91 Å². The van der Waals surface area contributed by atoms with Gasteiger partial charge < -0.3 is 11.1 Å². The lowest BCUT2D eigenvalue weighted by atomic mass is 9.97. The van der Waals surface area contributed by atoms with Gasteiger partial charge in [0.15, 0.2) is 0 Å². The van der Waals surface area contributed by atoms with Gasteiger partial charge in [-0.1, -0.05) is 12.8 Å². The maximum atomic E-state index is 11.8. The Bertz CT molecular complexity index is 286. The molecule has 2 fully saturated rings. The molecule has 0 unspecified atom stereocenters. The zero-order valence-corrected chi connectivity index (χ0v) is 8.41. The Labute approximate surface area is 87.5 Å². The summed E-state index contributed by atoms with van der Waals surface area (Å²) < 4.78 is 0. The van der Waals surface area contributed by atoms with Gasteiger partial charge in [-0.3, -0.25) is 14.4 Å². The van der Waals surface area contributed by atoms with Crippen molar-refractivity contribution in [1.29, 1.82) is 0 Å². The van der Waals surface area contributed by atoms with Crippen molar-refractivity contribution >= 4 is 11.8 Å². The first-order valence-electron chi connectivity index (χ1n) is 5.13. The van der Waals surface area contributed by atoms with E-state index >= 15 is 0 Å². The van der Waals surface area contributed by atoms with E-state index in [9.17, 15) is 9.59 Å². The number of hydrogen-bond donors (Lipinski definition) is 3. The zero-order valence-electron chi connectivity index (χ0n) is 8.41. The number of nitrogens with one attached hydrogen (secondary N) is 2. The molecule has 0 aromatic carbocycles. The largest absolute Gasteiger partial charge is 0.341 e. The van der Waals surface area contributed by atoms with Crippen molar-refractivity contribution in [2.24, 2.45) is 5.73 Å². The molecule has 1 heterocycles. The standard InChI is InChI=1S/C9H15N3O3/c10-9(3-1-2-4-9)8(14)11-6-5-15-12-7(6)13/h6H,1-5,10H2,(H,11,14)(H,12,13)/t6-/m1/s1. The van der Waals surface area contributed by atoms with Crippen LogP contribution in [0.15, 0.2) is 0 Å². The summed E-state index contributed by atoms with van der Waals surface area (Å²) in [6.07, 6.45) is 3.32. The zero-order chi connectivity index (χ0) is 10.9. The highest BCUT2D eigenvalue weighted by Crippen LogP contribution is 2.27. The molecular weight excluding hydrogens is 198 g/mol. The van der Waals surface area contributed by atoms with Crippen LogP contribution in [-0.4, -0.2) is 30.0 Å². The molecule has 2 rings (SSSR count). The van der Waals surface area contributed by atoms with Crippen molar-refractivity contribution in [3.8, 4) is 0 Å². The predicted octanol–water partition coefficient (Wildman–Crippen LogP) is -1.20. The van der Waals surface area contributed by atoms with Gasteiger partial charge in [0, 0.05) is 0 Å². The Balaban J connectivity index is 1.94. The molecule has 1 aliphatic carbocycles. The molecule has 6 heteroatoms. The summed E-state index contributed by atoms with van der Waals surface area (Å²) in [5.41, 5.74) is 7.34. The van der Waals surface area contributed by atoms with Crippen LogP contribution in [0.3, 0.4) is 0 Å². The van der Waals surface area contributed by atoms with E-state index in [0.29, 0.717) is 12.8 Å². The molecule has 1 atom stereocenters. The third kappa shape index (κ3) is 1.95. The van der Waals surface area contributed by atoms with Crippen molar-refractivity contribution in [1.82, 2.24) is 10.8 Å². The maximum Gasteiger partial charge on any atom is 0.268 e. The molecule has 1 aliphatic heterocycles. The number of carbonyl (C=O) groups excluding carboxylic acids is 2. The number of hydrogen-bond acceptors (Lipinski definition) is 4. The molecule has 6 nitrogen and oxygen atoms in total. The van der Waals surface area contributed by atoms with E-state index in [2.05, 4.69) is 10.8 Å². The van der Waals surface area contributed by atoms with Crippen molar-refractivity contribution in [2.75, 3.05) is 6.61 Å². The molecule has 2 amide bonds. The van der Waals surface area contributed by atoms with Gasteiger partial charge in [0.05, 0.1) is 5.54 Å². The van der Waals surface area contributed by atoms with E-state index in [4.69, 9.17) is 10.6 Å². The Kier molecular flexibility index (Phi) is 2.62. The van der Waals surface area contributed by atoms with E-state index in [-0.39, 0.29) is 18.4 Å². The van der Waals surface area contributed by atoms with Crippen molar-refractivity contribution in [3.63, 3.8) is 0 Å². The van der Waals surface area contributed by atoms with Gasteiger partial charge >= 0.3 is 0 Å². The Morgan fingerprint density at radius 2 is 2.20 bits per heavy atom. The van der Waals surface area contributed by atoms with Gasteiger partial charge in [-0.2, -0.15) is 0 Å². The average Bonchev–Trinajstić information content (AvgIpc) is 2.78. The second kappa shape index (κ2) is 3.79. The molecule has 0 aromatic rings. The first-order valence-corrected chi connectivity index (χ1v) is 5.13. The molecule has 0 aromatic heterocycles. The van der Waals surface area contributed by atoms with E-state index < -0.39 is 11.6 Å². The number of amides is 2. The number of nitrogens with two attached hydrogens (primary N) is 1. The molecule has 84 valence electrons. The van der Waals surface area contributed by atoms with Crippen molar-refractivity contribution in [3.05, 3.63) is 0 Å². The van der Waals surface area contributed by atoms with Crippen molar-refractivity contribution in [2.45, 2.75) is 37.3 Å². The van der Waals surface area contributed by atoms with Crippen LogP contribution in [0, 0.1) is 0 Å². The fourth-order valence-corrected chi connectivity index (χ4v) is 1.99. The van der Waals surface area contributed by atoms with Gasteiger partial charge in [-0.25, -0.2) is 5.48 Å². The fraction of sp³-hybridized carbons (Fsp3) is 0.778. The molecule has 0 bridgehead atoms. The minimum Gasteiger partial charge on any atom is -0.341 e. The van der Waals surface area contributed by atoms with Gasteiger partial charge in [-0.15, -0.1) is 0 Å². The van der Waals surface area contributed by atoms with E-state index in [1.807, 2.05) is 0 Å². The van der Waals surface area contributed by atoms with Crippen LogP contribution in [0.4, 0.5) is 0 Å². The first-order chi connectivity index (χ1) is 7.12. The minimum absolute atomic E-state index is 0.167. The van der Waals surface area contributed by atoms with Crippen molar-refractivity contribution < 1.29 is 14.4 Å². The molecular formula is C9H15N3O3. The monoisotopic (exact) mass is 213 g/mol. The second-order valence-electron chi connectivity index (χ2n) is 4.17. The molecule has 15 heavy (non-hydrogen) atoms. The van der Waals surface area contributed by atoms with Crippen LogP contribution in [0.1, 0.15) is 25.7 Å². The summed E-state index contributed by atoms with van der Waals surface area (Å²) in [4.78, 5) is 27.6. The van der Waals surface area contributed by atoms with Crippen LogP contribution >= 0.6 is 0 Å². The van der Waals surface area contributed by atoms with E-state index in [0.717, 1.165) is 12.8 Å². The molecule has 2 aliphatic rings. The first kappa shape index (κ1) is 10.4. The summed E-state index contributed by atoms with van der Waals surface area (Å²) >= 11 is 0. The number of rotatable bonds is 2. The quantitative estimate of drug-likeness (QED) is 0.537. The summed E-state index contributed by atoms with van der Waals surface area (Å²) in [7, 11) is 0. The summed E-state index contributed by atoms with van der Waals surface area (Å²) in [5.74, 6) is -0.560. The summed E-state index contributed by atoms with van der Waals surface area (Å²) in [6.45, 7) is 0.167. The van der Waals surface area contributed by atoms with Crippen LogP contribution in [0.2, 0.25) is 0 Å². The lowest BCUT2D eigenvalue weighted by Gasteiger charge is -2.23. The summed E-state index contributed by atoms with van der Waals surface area (Å²) in [5, 5.41) is 2.61. The Hall–Kier alpha value is -1.14. The third-order valence-electron chi connectivity index (χ3n) is 2.99. The Morgan fingerprint density at radius 3 is 2.73 bits per heavy atom. The molecule has 1 saturated heterocycles. The smallest absolute Gasteiger partial charge is 0.268 e. The molecule has 0 radical (unpaired) electrons. The van der Waals surface area contributed by atoms with Gasteiger partial charge in [-0.05, 0) is 12.8 Å². The summed E-state index contributed by atoms with van der Waals surface area (Å²) in [6, 6.07) is -0.599. The molecule has 1 saturated carbocycles. The van der Waals surface area contributed by atoms with E-state index in [1.165, 1.54) is 0 Å². The second-order valence-corrected chi connectivity index (χ2v) is 4.17. The molecule has 0 spiro atoms. The van der Waals surface area contributed by atoms with E-state index in [1.54, 1.807) is 0 Å². The normalized spacial score (nSPS) is 28.9. The fourth-order valence-electron chi connectivity index (χ4n) is 1.99.